The molecule has 8 rings (SSSR count). The molecule has 0 aliphatic carbocycles. The number of halogens is 2. The van der Waals surface area contributed by atoms with Gasteiger partial charge in [-0.3, -0.25) is 9.59 Å². The Kier molecular flexibility index (Phi) is 21.8. The lowest BCUT2D eigenvalue weighted by atomic mass is 10.2. The van der Waals surface area contributed by atoms with Crippen LogP contribution in [0.15, 0.2) is 108 Å². The number of hydrogen-bond acceptors (Lipinski definition) is 16. The van der Waals surface area contributed by atoms with Crippen molar-refractivity contribution in [2.75, 3.05) is 88.5 Å². The number of allylic oxidation sites excluding steroid dienone is 2. The van der Waals surface area contributed by atoms with Crippen LogP contribution < -0.4 is 30.4 Å². The molecule has 4 aliphatic heterocycles. The first kappa shape index (κ1) is 62.8. The number of piperazine rings is 2. The lowest BCUT2D eigenvalue weighted by Crippen LogP contribution is -2.55. The third-order valence-electron chi connectivity index (χ3n) is 12.3. The minimum atomic E-state index is -4.19. The molecule has 0 radical (unpaired) electrons. The summed E-state index contributed by atoms with van der Waals surface area (Å²) >= 11 is 12.3. The summed E-state index contributed by atoms with van der Waals surface area (Å²) in [5, 5.41) is 9.65. The molecule has 0 unspecified atom stereocenters. The van der Waals surface area contributed by atoms with Crippen molar-refractivity contribution in [1.82, 2.24) is 36.8 Å². The monoisotopic (exact) mass is 1190 g/mol. The van der Waals surface area contributed by atoms with Gasteiger partial charge in [0, 0.05) is 62.4 Å². The Morgan fingerprint density at radius 2 is 1.34 bits per heavy atom. The van der Waals surface area contributed by atoms with E-state index in [2.05, 4.69) is 23.4 Å². The molecule has 26 heteroatoms. The molecule has 80 heavy (non-hydrogen) atoms. The van der Waals surface area contributed by atoms with Gasteiger partial charge in [0.1, 0.15) is 22.6 Å². The maximum atomic E-state index is 13.6. The molecule has 0 saturated carbocycles. The van der Waals surface area contributed by atoms with Crippen molar-refractivity contribution in [2.45, 2.75) is 91.3 Å². The first-order valence-corrected chi connectivity index (χ1v) is 29.8. The van der Waals surface area contributed by atoms with Gasteiger partial charge >= 0.3 is 43.7 Å². The average Bonchev–Trinajstić information content (AvgIpc) is 3.41. The van der Waals surface area contributed by atoms with Crippen LogP contribution in [0.3, 0.4) is 0 Å². The largest absolute Gasteiger partial charge is 0.486 e. The van der Waals surface area contributed by atoms with E-state index in [4.69, 9.17) is 42.1 Å². The van der Waals surface area contributed by atoms with Crippen LogP contribution in [0.25, 0.3) is 11.4 Å². The van der Waals surface area contributed by atoms with Gasteiger partial charge in [0.05, 0.1) is 50.1 Å². The standard InChI is InChI=1S/C28H38ClN5O6S.C26H34ClN5O6S/c1-6-8-9-10-19-39-25-24(21-30-34(26(25)35)23-13-11-12-22(29)20-23)31-15-17-32(18-16-31)41(37,38)33(14-7-2)27(36)40-28(3,4)5;1-26(2,3)38-25(34)31-12-7-5-4-6-8-17-37-23-22(29-13-15-30(16-14-29)39(31,35)36)19-28-32(24(23)33)21-11-9-10-20(27)18-21/h6-7,11-13,20-21H,1-2,8-10,14-19H2,3-5H3;5,7,9-11,18-19H,4,6,8,12-17H2,1-3H3/b;7-5+. The third-order valence-corrected chi connectivity index (χ3v) is 16.5. The highest BCUT2D eigenvalue weighted by atomic mass is 35.5. The van der Waals surface area contributed by atoms with Crippen LogP contribution >= 0.6 is 23.2 Å². The summed E-state index contributed by atoms with van der Waals surface area (Å²) in [5.41, 5.74) is -0.646. The van der Waals surface area contributed by atoms with Gasteiger partial charge < -0.3 is 28.7 Å². The van der Waals surface area contributed by atoms with Crippen LogP contribution in [-0.4, -0.2) is 156 Å². The number of rotatable bonds is 13. The number of benzene rings is 2. The molecule has 2 fully saturated rings. The van der Waals surface area contributed by atoms with E-state index in [0.29, 0.717) is 63.2 Å². The molecule has 4 aliphatic rings. The van der Waals surface area contributed by atoms with E-state index in [1.54, 1.807) is 102 Å². The molecule has 0 N–H and O–H groups in total. The Morgan fingerprint density at radius 1 is 0.762 bits per heavy atom. The van der Waals surface area contributed by atoms with Crippen molar-refractivity contribution in [3.05, 3.63) is 129 Å². The zero-order valence-corrected chi connectivity index (χ0v) is 49.3. The highest BCUT2D eigenvalue weighted by Gasteiger charge is 2.40. The number of carbonyl (C=O) groups excluding carboxylic acids is 2. The van der Waals surface area contributed by atoms with Crippen LogP contribution in [0.4, 0.5) is 21.0 Å². The van der Waals surface area contributed by atoms with Crippen molar-refractivity contribution in [3.8, 4) is 22.9 Å². The second-order valence-electron chi connectivity index (χ2n) is 20.7. The number of anilines is 2. The van der Waals surface area contributed by atoms with Gasteiger partial charge in [-0.2, -0.15) is 53.6 Å². The SMILES string of the molecule is C=CCCCCOc1c(N2CCN(S(=O)(=O)N(CC=C)C(=O)OC(C)(C)C)CC2)cnn(-c2cccc(Cl)c2)c1=O.CC(C)(C)OC(=O)N1C/C=C/CCCCOc2c(cnn(-c3cccc(Cl)c3)c2=O)N2CCN(CC2)S1(=O)=O. The highest BCUT2D eigenvalue weighted by Crippen LogP contribution is 2.30. The van der Waals surface area contributed by atoms with E-state index >= 15 is 0 Å². The molecule has 6 heterocycles. The molecular formula is C54H72Cl2N10O12S2. The Balaban J connectivity index is 0.000000258. The number of amides is 2. The fraction of sp³-hybridized carbons (Fsp3) is 0.481. The second kappa shape index (κ2) is 27.8. The maximum absolute atomic E-state index is 13.6. The molecule has 2 amide bonds. The Labute approximate surface area is 478 Å². The Bertz CT molecular complexity index is 3200. The van der Waals surface area contributed by atoms with Crippen LogP contribution in [0.1, 0.15) is 80.1 Å². The average molecular weight is 1190 g/mol. The molecule has 2 bridgehead atoms. The fourth-order valence-electron chi connectivity index (χ4n) is 8.42. The van der Waals surface area contributed by atoms with Crippen LogP contribution in [0, 0.1) is 0 Å². The molecule has 0 atom stereocenters. The van der Waals surface area contributed by atoms with E-state index in [0.717, 1.165) is 30.0 Å². The predicted molar refractivity (Wildman–Crippen MR) is 309 cm³/mol. The van der Waals surface area contributed by atoms with Crippen LogP contribution in [-0.2, 0) is 29.9 Å². The van der Waals surface area contributed by atoms with Gasteiger partial charge in [0.2, 0.25) is 11.5 Å². The molecule has 4 aromatic rings. The van der Waals surface area contributed by atoms with Crippen molar-refractivity contribution >= 4 is 67.2 Å². The van der Waals surface area contributed by atoms with Gasteiger partial charge in [0.15, 0.2) is 0 Å². The molecule has 2 aromatic heterocycles. The van der Waals surface area contributed by atoms with Crippen molar-refractivity contribution in [2.24, 2.45) is 0 Å². The molecule has 2 saturated heterocycles. The van der Waals surface area contributed by atoms with Gasteiger partial charge in [-0.1, -0.05) is 59.6 Å². The van der Waals surface area contributed by atoms with Gasteiger partial charge in [0.25, 0.3) is 0 Å². The summed E-state index contributed by atoms with van der Waals surface area (Å²) < 4.78 is 83.0. The minimum absolute atomic E-state index is 0.0644. The smallest absolute Gasteiger partial charge is 0.425 e. The highest BCUT2D eigenvalue weighted by molar-refractivity contribution is 7.87. The molecule has 0 spiro atoms. The number of nitrogens with zero attached hydrogens (tertiary/aromatic N) is 10. The number of aromatic nitrogens is 4. The molecular weight excluding hydrogens is 1120 g/mol. The number of hydrogen-bond donors (Lipinski definition) is 0. The first-order chi connectivity index (χ1) is 37.9. The summed E-state index contributed by atoms with van der Waals surface area (Å²) in [6, 6.07) is 13.6. The van der Waals surface area contributed by atoms with Gasteiger partial charge in [-0.15, -0.1) is 13.2 Å². The summed E-state index contributed by atoms with van der Waals surface area (Å²) in [6.45, 7) is 19.0. The van der Waals surface area contributed by atoms with E-state index in [1.165, 1.54) is 30.2 Å². The maximum Gasteiger partial charge on any atom is 0.425 e. The van der Waals surface area contributed by atoms with E-state index in [1.807, 2.05) is 22.0 Å². The van der Waals surface area contributed by atoms with E-state index in [9.17, 15) is 36.0 Å². The molecule has 22 nitrogen and oxygen atoms in total. The number of unbranched alkanes of at least 4 members (excludes halogenated alkanes) is 2. The lowest BCUT2D eigenvalue weighted by molar-refractivity contribution is 0.0382. The summed E-state index contributed by atoms with van der Waals surface area (Å²) in [6.07, 6.45) is 12.3. The summed E-state index contributed by atoms with van der Waals surface area (Å²) in [4.78, 5) is 56.4. The first-order valence-electron chi connectivity index (χ1n) is 26.3. The lowest BCUT2D eigenvalue weighted by Gasteiger charge is -2.37. The van der Waals surface area contributed by atoms with Gasteiger partial charge in [-0.25, -0.2) is 9.59 Å². The van der Waals surface area contributed by atoms with Crippen LogP contribution in [0.2, 0.25) is 10.0 Å². The molecule has 2 aromatic carbocycles. The number of carbonyl (C=O) groups is 2. The summed E-state index contributed by atoms with van der Waals surface area (Å²) in [5.74, 6) is 0.274. The fourth-order valence-corrected chi connectivity index (χ4v) is 11.6. The predicted octanol–water partition coefficient (Wildman–Crippen LogP) is 8.02. The normalized spacial score (nSPS) is 17.0. The van der Waals surface area contributed by atoms with Crippen molar-refractivity contribution < 1.29 is 45.4 Å². The number of fused-ring (bicyclic) bond motifs is 10. The quantitative estimate of drug-likeness (QED) is 0.0912. The van der Waals surface area contributed by atoms with E-state index in [-0.39, 0.29) is 76.9 Å². The van der Waals surface area contributed by atoms with E-state index < -0.39 is 54.9 Å². The number of ether oxygens (including phenoxy) is 4. The van der Waals surface area contributed by atoms with Crippen molar-refractivity contribution in [1.29, 1.82) is 0 Å². The molecule has 436 valence electrons. The third kappa shape index (κ3) is 16.6. The Hall–Kier alpha value is -6.44. The van der Waals surface area contributed by atoms with Crippen molar-refractivity contribution in [3.63, 3.8) is 0 Å². The van der Waals surface area contributed by atoms with Crippen LogP contribution in [0.5, 0.6) is 11.5 Å². The van der Waals surface area contributed by atoms with Gasteiger partial charge in [-0.05, 0) is 116 Å². The zero-order valence-electron chi connectivity index (χ0n) is 46.2. The minimum Gasteiger partial charge on any atom is -0.486 e. The Morgan fingerprint density at radius 3 is 1.91 bits per heavy atom. The topological polar surface area (TPSA) is 229 Å². The second-order valence-corrected chi connectivity index (χ2v) is 25.2. The zero-order chi connectivity index (χ0) is 58.4. The summed E-state index contributed by atoms with van der Waals surface area (Å²) in [7, 11) is -8.35.